The molecule has 1 heterocycles. The predicted octanol–water partition coefficient (Wildman–Crippen LogP) is 3.39. The molecule has 2 atom stereocenters. The second kappa shape index (κ2) is 7.28. The van der Waals surface area contributed by atoms with Crippen LogP contribution in [0.5, 0.6) is 0 Å². The van der Waals surface area contributed by atoms with E-state index in [1.165, 1.54) is 6.42 Å². The van der Waals surface area contributed by atoms with Crippen molar-refractivity contribution in [1.82, 2.24) is 4.90 Å². The number of nitrogens with zero attached hydrogens (tertiary/aromatic N) is 1. The zero-order chi connectivity index (χ0) is 14.8. The van der Waals surface area contributed by atoms with Crippen LogP contribution < -0.4 is 5.73 Å². The number of piperidine rings is 1. The van der Waals surface area contributed by atoms with Gasteiger partial charge in [0.15, 0.2) is 0 Å². The topological polar surface area (TPSA) is 46.3 Å². The minimum atomic E-state index is -0.228. The Morgan fingerprint density at radius 2 is 1.90 bits per heavy atom. The molecule has 0 spiro atoms. The number of carbonyl (C=O) groups excluding carboxylic acids is 1. The summed E-state index contributed by atoms with van der Waals surface area (Å²) in [7, 11) is 0. The van der Waals surface area contributed by atoms with Gasteiger partial charge in [-0.05, 0) is 23.8 Å². The molecule has 4 heteroatoms. The summed E-state index contributed by atoms with van der Waals surface area (Å²) < 4.78 is 0. The molecule has 0 aliphatic carbocycles. The van der Waals surface area contributed by atoms with Crippen molar-refractivity contribution in [3.63, 3.8) is 0 Å². The Labute approximate surface area is 134 Å². The number of hydrogen-bond donors (Lipinski definition) is 1. The van der Waals surface area contributed by atoms with Crippen molar-refractivity contribution < 1.29 is 4.79 Å². The Morgan fingerprint density at radius 3 is 2.48 bits per heavy atom. The van der Waals surface area contributed by atoms with Gasteiger partial charge in [0, 0.05) is 19.1 Å². The van der Waals surface area contributed by atoms with Gasteiger partial charge in [0.05, 0.1) is 5.92 Å². The fraction of sp³-hybridized carbons (Fsp3) is 0.588. The number of rotatable bonds is 3. The summed E-state index contributed by atoms with van der Waals surface area (Å²) in [5, 5.41) is 0. The average Bonchev–Trinajstić information content (AvgIpc) is 2.45. The summed E-state index contributed by atoms with van der Waals surface area (Å²) in [5.41, 5.74) is 7.52. The van der Waals surface area contributed by atoms with Gasteiger partial charge in [-0.1, -0.05) is 51.1 Å². The molecule has 2 rings (SSSR count). The van der Waals surface area contributed by atoms with Gasteiger partial charge in [0.2, 0.25) is 5.91 Å². The lowest BCUT2D eigenvalue weighted by atomic mass is 9.83. The van der Waals surface area contributed by atoms with Crippen LogP contribution in [0.15, 0.2) is 30.3 Å². The summed E-state index contributed by atoms with van der Waals surface area (Å²) >= 11 is 0. The summed E-state index contributed by atoms with van der Waals surface area (Å²) in [6.07, 6.45) is 2.28. The second-order valence-electron chi connectivity index (χ2n) is 6.75. The largest absolute Gasteiger partial charge is 0.342 e. The van der Waals surface area contributed by atoms with E-state index in [-0.39, 0.29) is 35.7 Å². The van der Waals surface area contributed by atoms with Crippen LogP contribution in [0.1, 0.15) is 45.2 Å². The number of carbonyl (C=O) groups is 1. The van der Waals surface area contributed by atoms with Crippen LogP contribution in [0.25, 0.3) is 0 Å². The highest BCUT2D eigenvalue weighted by atomic mass is 35.5. The molecule has 2 unspecified atom stereocenters. The SMILES string of the molecule is CC(C(=O)N1CCCC(C)(C)C1)C(N)c1ccccc1.Cl. The van der Waals surface area contributed by atoms with Crippen LogP contribution in [0.4, 0.5) is 0 Å². The maximum absolute atomic E-state index is 12.6. The summed E-state index contributed by atoms with van der Waals surface area (Å²) in [6, 6.07) is 9.67. The summed E-state index contributed by atoms with van der Waals surface area (Å²) in [4.78, 5) is 14.6. The van der Waals surface area contributed by atoms with Crippen molar-refractivity contribution in [1.29, 1.82) is 0 Å². The molecule has 118 valence electrons. The van der Waals surface area contributed by atoms with Crippen LogP contribution in [0, 0.1) is 11.3 Å². The van der Waals surface area contributed by atoms with Crippen molar-refractivity contribution >= 4 is 18.3 Å². The first kappa shape index (κ1) is 18.0. The minimum Gasteiger partial charge on any atom is -0.342 e. The zero-order valence-electron chi connectivity index (χ0n) is 13.2. The molecule has 1 aliphatic rings. The van der Waals surface area contributed by atoms with Crippen molar-refractivity contribution in [3.05, 3.63) is 35.9 Å². The van der Waals surface area contributed by atoms with Crippen LogP contribution in [0.3, 0.4) is 0 Å². The first-order valence-corrected chi connectivity index (χ1v) is 7.50. The molecule has 21 heavy (non-hydrogen) atoms. The van der Waals surface area contributed by atoms with Crippen LogP contribution in [0.2, 0.25) is 0 Å². The van der Waals surface area contributed by atoms with E-state index in [4.69, 9.17) is 5.73 Å². The Morgan fingerprint density at radius 1 is 1.29 bits per heavy atom. The van der Waals surface area contributed by atoms with E-state index in [1.807, 2.05) is 42.2 Å². The van der Waals surface area contributed by atoms with Crippen molar-refractivity contribution in [2.24, 2.45) is 17.1 Å². The zero-order valence-corrected chi connectivity index (χ0v) is 14.0. The van der Waals surface area contributed by atoms with E-state index in [0.29, 0.717) is 0 Å². The molecule has 3 nitrogen and oxygen atoms in total. The Bertz CT molecular complexity index is 461. The fourth-order valence-electron chi connectivity index (χ4n) is 3.02. The fourth-order valence-corrected chi connectivity index (χ4v) is 3.02. The molecule has 1 aliphatic heterocycles. The Hall–Kier alpha value is -1.06. The third kappa shape index (κ3) is 4.45. The van der Waals surface area contributed by atoms with Crippen molar-refractivity contribution in [2.45, 2.75) is 39.7 Å². The first-order chi connectivity index (χ1) is 9.41. The van der Waals surface area contributed by atoms with E-state index in [9.17, 15) is 4.79 Å². The summed E-state index contributed by atoms with van der Waals surface area (Å²) in [6.45, 7) is 8.12. The maximum atomic E-state index is 12.6. The standard InChI is InChI=1S/C17H26N2O.ClH/c1-13(15(18)14-8-5-4-6-9-14)16(20)19-11-7-10-17(2,3)12-19;/h4-6,8-9,13,15H,7,10-12,18H2,1-3H3;1H. The molecule has 2 N–H and O–H groups in total. The highest BCUT2D eigenvalue weighted by molar-refractivity contribution is 5.85. The molecule has 1 saturated heterocycles. The quantitative estimate of drug-likeness (QED) is 0.930. The molecular weight excluding hydrogens is 284 g/mol. The lowest BCUT2D eigenvalue weighted by Crippen LogP contribution is -2.47. The molecule has 1 amide bonds. The smallest absolute Gasteiger partial charge is 0.227 e. The number of halogens is 1. The number of hydrogen-bond acceptors (Lipinski definition) is 2. The normalized spacial score (nSPS) is 20.3. The molecular formula is C17H27ClN2O. The highest BCUT2D eigenvalue weighted by Crippen LogP contribution is 2.30. The first-order valence-electron chi connectivity index (χ1n) is 7.50. The summed E-state index contributed by atoms with van der Waals surface area (Å²) in [5.74, 6) is 0.0143. The van der Waals surface area contributed by atoms with Gasteiger partial charge in [-0.2, -0.15) is 0 Å². The number of amides is 1. The molecule has 0 bridgehead atoms. The lowest BCUT2D eigenvalue weighted by molar-refractivity contribution is -0.138. The van der Waals surface area contributed by atoms with Gasteiger partial charge >= 0.3 is 0 Å². The van der Waals surface area contributed by atoms with Crippen LogP contribution >= 0.6 is 12.4 Å². The van der Waals surface area contributed by atoms with Gasteiger partial charge < -0.3 is 10.6 Å². The number of nitrogens with two attached hydrogens (primary N) is 1. The van der Waals surface area contributed by atoms with E-state index in [0.717, 1.165) is 25.1 Å². The van der Waals surface area contributed by atoms with E-state index >= 15 is 0 Å². The average molecular weight is 311 g/mol. The monoisotopic (exact) mass is 310 g/mol. The third-order valence-electron chi connectivity index (χ3n) is 4.32. The van der Waals surface area contributed by atoms with E-state index in [1.54, 1.807) is 0 Å². The predicted molar refractivity (Wildman–Crippen MR) is 89.4 cm³/mol. The Kier molecular flexibility index (Phi) is 6.24. The van der Waals surface area contributed by atoms with Gasteiger partial charge in [-0.15, -0.1) is 12.4 Å². The number of likely N-dealkylation sites (tertiary alicyclic amines) is 1. The lowest BCUT2D eigenvalue weighted by Gasteiger charge is -2.39. The molecule has 1 aromatic carbocycles. The van der Waals surface area contributed by atoms with E-state index in [2.05, 4.69) is 13.8 Å². The Balaban J connectivity index is 0.00000220. The van der Waals surface area contributed by atoms with Crippen molar-refractivity contribution in [3.8, 4) is 0 Å². The van der Waals surface area contributed by atoms with Gasteiger partial charge in [0.1, 0.15) is 0 Å². The van der Waals surface area contributed by atoms with Crippen LogP contribution in [-0.2, 0) is 4.79 Å². The third-order valence-corrected chi connectivity index (χ3v) is 4.32. The molecule has 0 saturated carbocycles. The van der Waals surface area contributed by atoms with Crippen LogP contribution in [-0.4, -0.2) is 23.9 Å². The van der Waals surface area contributed by atoms with Gasteiger partial charge in [-0.25, -0.2) is 0 Å². The number of benzene rings is 1. The molecule has 1 aromatic rings. The minimum absolute atomic E-state index is 0. The van der Waals surface area contributed by atoms with E-state index < -0.39 is 0 Å². The molecule has 1 fully saturated rings. The van der Waals surface area contributed by atoms with Gasteiger partial charge in [-0.3, -0.25) is 4.79 Å². The van der Waals surface area contributed by atoms with Gasteiger partial charge in [0.25, 0.3) is 0 Å². The van der Waals surface area contributed by atoms with Crippen molar-refractivity contribution in [2.75, 3.05) is 13.1 Å². The maximum Gasteiger partial charge on any atom is 0.227 e. The highest BCUT2D eigenvalue weighted by Gasteiger charge is 2.33. The second-order valence-corrected chi connectivity index (χ2v) is 6.75. The molecule has 0 aromatic heterocycles. The molecule has 0 radical (unpaired) electrons.